The van der Waals surface area contributed by atoms with E-state index in [-0.39, 0.29) is 25.1 Å². The SMILES string of the molecule is CSc1ncc(C(O)C(O)CCNC(=O)OCc2ccccc2)c(=O)[nH]1. The molecule has 9 heteroatoms. The van der Waals surface area contributed by atoms with Crippen LogP contribution < -0.4 is 10.9 Å². The molecular weight excluding hydrogens is 358 g/mol. The summed E-state index contributed by atoms with van der Waals surface area (Å²) in [7, 11) is 0. The first kappa shape index (κ1) is 20.0. The van der Waals surface area contributed by atoms with Gasteiger partial charge in [0, 0.05) is 12.7 Å². The molecule has 0 saturated heterocycles. The van der Waals surface area contributed by atoms with Crippen molar-refractivity contribution < 1.29 is 19.7 Å². The molecule has 2 unspecified atom stereocenters. The Kier molecular flexibility index (Phi) is 7.64. The number of benzene rings is 1. The molecule has 1 aromatic carbocycles. The zero-order chi connectivity index (χ0) is 18.9. The summed E-state index contributed by atoms with van der Waals surface area (Å²) in [5, 5.41) is 23.0. The summed E-state index contributed by atoms with van der Waals surface area (Å²) < 4.78 is 5.04. The average Bonchev–Trinajstić information content (AvgIpc) is 2.66. The van der Waals surface area contributed by atoms with Gasteiger partial charge < -0.3 is 25.3 Å². The Morgan fingerprint density at radius 2 is 2.08 bits per heavy atom. The van der Waals surface area contributed by atoms with Gasteiger partial charge in [0.15, 0.2) is 5.16 Å². The third-order valence-electron chi connectivity index (χ3n) is 3.60. The summed E-state index contributed by atoms with van der Waals surface area (Å²) in [6, 6.07) is 9.22. The van der Waals surface area contributed by atoms with Crippen molar-refractivity contribution in [1.82, 2.24) is 15.3 Å². The molecule has 1 heterocycles. The molecule has 0 fully saturated rings. The van der Waals surface area contributed by atoms with Crippen LogP contribution in [0.5, 0.6) is 0 Å². The number of aliphatic hydroxyl groups is 2. The molecule has 0 radical (unpaired) electrons. The van der Waals surface area contributed by atoms with Gasteiger partial charge in [0.05, 0.1) is 11.7 Å². The number of rotatable bonds is 8. The van der Waals surface area contributed by atoms with Crippen LogP contribution in [-0.2, 0) is 11.3 Å². The predicted octanol–water partition coefficient (Wildman–Crippen LogP) is 1.20. The number of alkyl carbamates (subject to hydrolysis) is 1. The second-order valence-electron chi connectivity index (χ2n) is 5.47. The van der Waals surface area contributed by atoms with Crippen LogP contribution in [0, 0.1) is 0 Å². The summed E-state index contributed by atoms with van der Waals surface area (Å²) in [4.78, 5) is 30.0. The lowest BCUT2D eigenvalue weighted by Crippen LogP contribution is -2.31. The minimum absolute atomic E-state index is 0.0260. The van der Waals surface area contributed by atoms with Gasteiger partial charge >= 0.3 is 6.09 Å². The molecule has 0 aliphatic carbocycles. The van der Waals surface area contributed by atoms with Crippen molar-refractivity contribution in [3.8, 4) is 0 Å². The number of amides is 1. The lowest BCUT2D eigenvalue weighted by atomic mass is 10.1. The normalized spacial score (nSPS) is 13.0. The van der Waals surface area contributed by atoms with Crippen LogP contribution in [0.2, 0.25) is 0 Å². The number of ether oxygens (including phenoxy) is 1. The second-order valence-corrected chi connectivity index (χ2v) is 6.26. The fraction of sp³-hybridized carbons (Fsp3) is 0.353. The van der Waals surface area contributed by atoms with Crippen LogP contribution in [0.1, 0.15) is 23.7 Å². The van der Waals surface area contributed by atoms with Crippen LogP contribution in [0.15, 0.2) is 46.5 Å². The molecule has 1 aromatic heterocycles. The van der Waals surface area contributed by atoms with E-state index < -0.39 is 23.9 Å². The molecule has 0 aliphatic rings. The van der Waals surface area contributed by atoms with Crippen molar-refractivity contribution >= 4 is 17.9 Å². The number of carbonyl (C=O) groups excluding carboxylic acids is 1. The van der Waals surface area contributed by atoms with Crippen molar-refractivity contribution in [3.05, 3.63) is 58.0 Å². The highest BCUT2D eigenvalue weighted by Crippen LogP contribution is 2.15. The minimum Gasteiger partial charge on any atom is -0.445 e. The Labute approximate surface area is 154 Å². The van der Waals surface area contributed by atoms with E-state index in [1.54, 1.807) is 6.26 Å². The Bertz CT molecular complexity index is 768. The van der Waals surface area contributed by atoms with Crippen molar-refractivity contribution in [3.63, 3.8) is 0 Å². The summed E-state index contributed by atoms with van der Waals surface area (Å²) in [5.41, 5.74) is 0.326. The van der Waals surface area contributed by atoms with Gasteiger partial charge in [-0.2, -0.15) is 0 Å². The van der Waals surface area contributed by atoms with Gasteiger partial charge in [0.25, 0.3) is 5.56 Å². The van der Waals surface area contributed by atoms with Crippen LogP contribution in [0.3, 0.4) is 0 Å². The quantitative estimate of drug-likeness (QED) is 0.401. The number of hydrogen-bond acceptors (Lipinski definition) is 7. The topological polar surface area (TPSA) is 125 Å². The van der Waals surface area contributed by atoms with Gasteiger partial charge in [0.2, 0.25) is 0 Å². The number of H-pyrrole nitrogens is 1. The molecule has 8 nitrogen and oxygen atoms in total. The Balaban J connectivity index is 1.76. The van der Waals surface area contributed by atoms with E-state index in [4.69, 9.17) is 4.74 Å². The lowest BCUT2D eigenvalue weighted by molar-refractivity contribution is 0.0125. The smallest absolute Gasteiger partial charge is 0.407 e. The van der Waals surface area contributed by atoms with Crippen molar-refractivity contribution in [2.75, 3.05) is 12.8 Å². The number of hydrogen-bond donors (Lipinski definition) is 4. The molecule has 2 rings (SSSR count). The van der Waals surface area contributed by atoms with Crippen LogP contribution >= 0.6 is 11.8 Å². The van der Waals surface area contributed by atoms with E-state index in [0.717, 1.165) is 5.56 Å². The van der Waals surface area contributed by atoms with Crippen LogP contribution in [-0.4, -0.2) is 45.2 Å². The van der Waals surface area contributed by atoms with Crippen molar-refractivity contribution in [2.45, 2.75) is 30.4 Å². The summed E-state index contributed by atoms with van der Waals surface area (Å²) in [6.07, 6.45) is -0.215. The first-order valence-electron chi connectivity index (χ1n) is 7.95. The first-order chi connectivity index (χ1) is 12.5. The zero-order valence-electron chi connectivity index (χ0n) is 14.2. The average molecular weight is 379 g/mol. The minimum atomic E-state index is -1.40. The summed E-state index contributed by atoms with van der Waals surface area (Å²) in [5.74, 6) is 0. The number of aromatic nitrogens is 2. The molecule has 0 spiro atoms. The van der Waals surface area contributed by atoms with Gasteiger partial charge in [-0.3, -0.25) is 4.79 Å². The van der Waals surface area contributed by atoms with E-state index in [1.165, 1.54) is 18.0 Å². The molecule has 140 valence electrons. The maximum absolute atomic E-state index is 11.9. The molecule has 26 heavy (non-hydrogen) atoms. The Morgan fingerprint density at radius 3 is 2.73 bits per heavy atom. The highest BCUT2D eigenvalue weighted by atomic mass is 32.2. The van der Waals surface area contributed by atoms with E-state index in [1.807, 2.05) is 30.3 Å². The van der Waals surface area contributed by atoms with E-state index >= 15 is 0 Å². The Morgan fingerprint density at radius 1 is 1.35 bits per heavy atom. The zero-order valence-corrected chi connectivity index (χ0v) is 15.0. The van der Waals surface area contributed by atoms with Gasteiger partial charge in [-0.25, -0.2) is 9.78 Å². The fourth-order valence-corrected chi connectivity index (χ4v) is 2.52. The van der Waals surface area contributed by atoms with Crippen LogP contribution in [0.25, 0.3) is 0 Å². The van der Waals surface area contributed by atoms with Crippen molar-refractivity contribution in [2.24, 2.45) is 0 Å². The second kappa shape index (κ2) is 9.95. The van der Waals surface area contributed by atoms with Gasteiger partial charge in [-0.15, -0.1) is 0 Å². The number of thioether (sulfide) groups is 1. The summed E-state index contributed by atoms with van der Waals surface area (Å²) >= 11 is 1.26. The molecule has 4 N–H and O–H groups in total. The lowest BCUT2D eigenvalue weighted by Gasteiger charge is -2.17. The van der Waals surface area contributed by atoms with Gasteiger partial charge in [0.1, 0.15) is 12.7 Å². The van der Waals surface area contributed by atoms with Crippen molar-refractivity contribution in [1.29, 1.82) is 0 Å². The highest BCUT2D eigenvalue weighted by molar-refractivity contribution is 7.98. The van der Waals surface area contributed by atoms with E-state index in [0.29, 0.717) is 5.16 Å². The number of nitrogens with zero attached hydrogens (tertiary/aromatic N) is 1. The fourth-order valence-electron chi connectivity index (χ4n) is 2.16. The maximum atomic E-state index is 11.9. The van der Waals surface area contributed by atoms with Gasteiger partial charge in [-0.1, -0.05) is 42.1 Å². The number of nitrogens with one attached hydrogen (secondary N) is 2. The number of aromatic amines is 1. The third kappa shape index (κ3) is 5.87. The molecule has 2 aromatic rings. The maximum Gasteiger partial charge on any atom is 0.407 e. The molecule has 1 amide bonds. The van der Waals surface area contributed by atoms with E-state index in [9.17, 15) is 19.8 Å². The molecular formula is C17H21N3O5S. The molecule has 0 bridgehead atoms. The standard InChI is InChI=1S/C17H21N3O5S/c1-26-16-19-9-12(15(23)20-16)14(22)13(21)7-8-18-17(24)25-10-11-5-3-2-4-6-11/h2-6,9,13-14,21-22H,7-8,10H2,1H3,(H,18,24)(H,19,20,23). The molecule has 2 atom stereocenters. The van der Waals surface area contributed by atoms with Gasteiger partial charge in [-0.05, 0) is 18.2 Å². The first-order valence-corrected chi connectivity index (χ1v) is 9.17. The van der Waals surface area contributed by atoms with E-state index in [2.05, 4.69) is 15.3 Å². The summed E-state index contributed by atoms with van der Waals surface area (Å²) in [6.45, 7) is 0.223. The molecule has 0 saturated carbocycles. The van der Waals surface area contributed by atoms with Crippen LogP contribution in [0.4, 0.5) is 4.79 Å². The third-order valence-corrected chi connectivity index (χ3v) is 4.20. The monoisotopic (exact) mass is 379 g/mol. The highest BCUT2D eigenvalue weighted by Gasteiger charge is 2.22. The Hall–Kier alpha value is -2.36. The number of aliphatic hydroxyl groups excluding tert-OH is 2. The predicted molar refractivity (Wildman–Crippen MR) is 96.9 cm³/mol. The number of carbonyl (C=O) groups is 1. The largest absolute Gasteiger partial charge is 0.445 e. The molecule has 0 aliphatic heterocycles.